The average molecular weight is 495 g/mol. The molecule has 0 amide bonds. The van der Waals surface area contributed by atoms with Gasteiger partial charge in [-0.25, -0.2) is 14.4 Å². The van der Waals surface area contributed by atoms with Gasteiger partial charge in [0.2, 0.25) is 0 Å². The molecule has 1 unspecified atom stereocenters. The normalized spacial score (nSPS) is 43.0. The minimum absolute atomic E-state index is 0.0334. The Bertz CT molecular complexity index is 1120. The Kier molecular flexibility index (Phi) is 6.19. The number of fused-ring (bicyclic) bond motifs is 6. The third kappa shape index (κ3) is 3.74. The quantitative estimate of drug-likeness (QED) is 0.521. The van der Waals surface area contributed by atoms with Crippen LogP contribution in [-0.2, 0) is 6.42 Å². The fourth-order valence-electron chi connectivity index (χ4n) is 9.89. The summed E-state index contributed by atoms with van der Waals surface area (Å²) in [5, 5.41) is 22.8. The fourth-order valence-corrected chi connectivity index (χ4v) is 9.89. The van der Waals surface area contributed by atoms with Crippen molar-refractivity contribution < 1.29 is 14.6 Å². The summed E-state index contributed by atoms with van der Waals surface area (Å²) in [6.45, 7) is 7.23. The highest BCUT2D eigenvalue weighted by Gasteiger charge is 2.63. The summed E-state index contributed by atoms with van der Waals surface area (Å²) in [5.74, 6) is 3.89. The van der Waals surface area contributed by atoms with E-state index in [0.29, 0.717) is 46.8 Å². The minimum Gasteiger partial charge on any atom is -0.393 e. The van der Waals surface area contributed by atoms with Crippen molar-refractivity contribution in [2.75, 3.05) is 0 Å². The van der Waals surface area contributed by atoms with Gasteiger partial charge in [0, 0.05) is 18.0 Å². The molecule has 0 spiro atoms. The zero-order chi connectivity index (χ0) is 25.2. The van der Waals surface area contributed by atoms with Crippen LogP contribution in [0.5, 0.6) is 0 Å². The van der Waals surface area contributed by atoms with Crippen LogP contribution in [-0.4, -0.2) is 32.4 Å². The van der Waals surface area contributed by atoms with E-state index in [-0.39, 0.29) is 28.9 Å². The molecule has 4 fully saturated rings. The van der Waals surface area contributed by atoms with Crippen molar-refractivity contribution in [2.45, 2.75) is 97.2 Å². The Morgan fingerprint density at radius 3 is 2.72 bits per heavy atom. The summed E-state index contributed by atoms with van der Waals surface area (Å²) in [5.41, 5.74) is 0.654. The average Bonchev–Trinajstić information content (AvgIpc) is 3.23. The number of halogens is 1. The molecule has 0 bridgehead atoms. The first-order valence-corrected chi connectivity index (χ1v) is 14.5. The predicted molar refractivity (Wildman–Crippen MR) is 140 cm³/mol. The van der Waals surface area contributed by atoms with Crippen molar-refractivity contribution in [1.29, 1.82) is 0 Å². The van der Waals surface area contributed by atoms with Crippen molar-refractivity contribution in [2.24, 2.45) is 46.3 Å². The van der Waals surface area contributed by atoms with Gasteiger partial charge in [-0.15, -0.1) is 0 Å². The molecule has 4 saturated carbocycles. The number of para-hydroxylation sites is 1. The van der Waals surface area contributed by atoms with Crippen LogP contribution in [0.25, 0.3) is 10.9 Å². The summed E-state index contributed by atoms with van der Waals surface area (Å²) in [6.07, 6.45) is 11.9. The topological polar surface area (TPSA) is 66.2 Å². The Balaban J connectivity index is 1.18. The van der Waals surface area contributed by atoms with Gasteiger partial charge >= 0.3 is 0 Å². The van der Waals surface area contributed by atoms with E-state index >= 15 is 0 Å². The molecule has 0 aliphatic heterocycles. The summed E-state index contributed by atoms with van der Waals surface area (Å²) >= 11 is 0. The number of benzene rings is 1. The van der Waals surface area contributed by atoms with Crippen LogP contribution in [0.4, 0.5) is 4.39 Å². The molecule has 36 heavy (non-hydrogen) atoms. The van der Waals surface area contributed by atoms with E-state index < -0.39 is 0 Å². The second-order valence-electron chi connectivity index (χ2n) is 13.4. The number of hydrogen-bond donors (Lipinski definition) is 2. The third-order valence-electron chi connectivity index (χ3n) is 11.9. The first-order valence-electron chi connectivity index (χ1n) is 14.5. The maximum atomic E-state index is 14.2. The largest absolute Gasteiger partial charge is 0.393 e. The zero-order valence-corrected chi connectivity index (χ0v) is 22.2. The van der Waals surface area contributed by atoms with Gasteiger partial charge in [-0.2, -0.15) is 0 Å². The maximum Gasteiger partial charge on any atom is 0.149 e. The number of aliphatic hydroxyl groups excluding tert-OH is 2. The molecule has 1 aromatic carbocycles. The number of nitrogens with zero attached hydrogens (tertiary/aromatic N) is 2. The van der Waals surface area contributed by atoms with Crippen molar-refractivity contribution in [1.82, 2.24) is 9.97 Å². The number of aryl methyl sites for hydroxylation is 1. The van der Waals surface area contributed by atoms with Crippen LogP contribution in [0.1, 0.15) is 84.4 Å². The van der Waals surface area contributed by atoms with Gasteiger partial charge in [0.25, 0.3) is 0 Å². The SMILES string of the molecule is C[C@H](CCc1ncc2cccc(F)c2n1)[C@H]1CC[C@H]2[C@@H]3CC[C@@H]4C[C@H](O)CC[C@]4(C)C3C[C@H](O)[C@]12C. The van der Waals surface area contributed by atoms with Crippen molar-refractivity contribution >= 4 is 10.9 Å². The smallest absolute Gasteiger partial charge is 0.149 e. The van der Waals surface area contributed by atoms with Crippen LogP contribution in [0, 0.1) is 52.2 Å². The van der Waals surface area contributed by atoms with Gasteiger partial charge in [-0.3, -0.25) is 0 Å². The molecule has 4 nitrogen and oxygen atoms in total. The lowest BCUT2D eigenvalue weighted by molar-refractivity contribution is -0.174. The monoisotopic (exact) mass is 494 g/mol. The standard InChI is InChI=1S/C31H43FN2O2/c1-18(7-12-28-33-17-19-5-4-6-26(32)29(19)34-28)23-10-11-24-22-9-8-20-15-21(35)13-14-30(20,2)25(22)16-27(36)31(23,24)3/h4-6,17-18,20-25,27,35-36H,7-16H2,1-3H3/t18-,20-,21-,22+,23-,24+,25?,27+,30+,31-/m1/s1. The molecular weight excluding hydrogens is 451 g/mol. The van der Waals surface area contributed by atoms with Crippen LogP contribution in [0.3, 0.4) is 0 Å². The van der Waals surface area contributed by atoms with Gasteiger partial charge in [0.05, 0.1) is 12.2 Å². The second-order valence-corrected chi connectivity index (χ2v) is 13.4. The molecule has 2 N–H and O–H groups in total. The van der Waals surface area contributed by atoms with Crippen LogP contribution in [0.2, 0.25) is 0 Å². The van der Waals surface area contributed by atoms with Crippen LogP contribution < -0.4 is 0 Å². The highest BCUT2D eigenvalue weighted by atomic mass is 19.1. The van der Waals surface area contributed by atoms with Gasteiger partial charge < -0.3 is 10.2 Å². The lowest BCUT2D eigenvalue weighted by atomic mass is 9.43. The van der Waals surface area contributed by atoms with Gasteiger partial charge in [-0.1, -0.05) is 32.9 Å². The van der Waals surface area contributed by atoms with Gasteiger partial charge in [-0.05, 0) is 110 Å². The summed E-state index contributed by atoms with van der Waals surface area (Å²) in [7, 11) is 0. The lowest BCUT2D eigenvalue weighted by Gasteiger charge is -2.62. The third-order valence-corrected chi connectivity index (χ3v) is 11.9. The number of aromatic nitrogens is 2. The molecule has 1 aromatic heterocycles. The molecule has 4 aliphatic carbocycles. The van der Waals surface area contributed by atoms with E-state index in [2.05, 4.69) is 30.7 Å². The minimum atomic E-state index is -0.286. The van der Waals surface area contributed by atoms with Gasteiger partial charge in [0.15, 0.2) is 0 Å². The Morgan fingerprint density at radius 1 is 1.06 bits per heavy atom. The van der Waals surface area contributed by atoms with E-state index in [4.69, 9.17) is 0 Å². The zero-order valence-electron chi connectivity index (χ0n) is 22.2. The molecule has 2 aromatic rings. The van der Waals surface area contributed by atoms with E-state index in [9.17, 15) is 14.6 Å². The second kappa shape index (κ2) is 9.01. The maximum absolute atomic E-state index is 14.2. The predicted octanol–water partition coefficient (Wildman–Crippen LogP) is 6.33. The molecular formula is C31H43FN2O2. The first-order chi connectivity index (χ1) is 17.2. The van der Waals surface area contributed by atoms with E-state index in [0.717, 1.165) is 43.9 Å². The first kappa shape index (κ1) is 24.7. The molecule has 1 heterocycles. The van der Waals surface area contributed by atoms with Crippen molar-refractivity contribution in [3.8, 4) is 0 Å². The molecule has 196 valence electrons. The van der Waals surface area contributed by atoms with E-state index in [1.165, 1.54) is 31.7 Å². The Hall–Kier alpha value is -1.59. The van der Waals surface area contributed by atoms with E-state index in [1.807, 2.05) is 6.07 Å². The summed E-state index contributed by atoms with van der Waals surface area (Å²) in [6, 6.07) is 5.01. The Morgan fingerprint density at radius 2 is 1.89 bits per heavy atom. The number of hydrogen-bond acceptors (Lipinski definition) is 4. The molecule has 4 aliphatic rings. The summed E-state index contributed by atoms with van der Waals surface area (Å²) < 4.78 is 14.2. The molecule has 6 rings (SSSR count). The lowest BCUT2D eigenvalue weighted by Crippen LogP contribution is -2.58. The molecule has 0 saturated heterocycles. The van der Waals surface area contributed by atoms with Crippen molar-refractivity contribution in [3.05, 3.63) is 36.0 Å². The van der Waals surface area contributed by atoms with E-state index in [1.54, 1.807) is 12.3 Å². The fraction of sp³-hybridized carbons (Fsp3) is 0.742. The van der Waals surface area contributed by atoms with Crippen molar-refractivity contribution in [3.63, 3.8) is 0 Å². The van der Waals surface area contributed by atoms with Gasteiger partial charge in [0.1, 0.15) is 17.2 Å². The molecule has 5 heteroatoms. The highest BCUT2D eigenvalue weighted by Crippen LogP contribution is 2.68. The number of aliphatic hydroxyl groups is 2. The number of rotatable bonds is 4. The summed E-state index contributed by atoms with van der Waals surface area (Å²) in [4.78, 5) is 9.06. The highest BCUT2D eigenvalue weighted by molar-refractivity contribution is 5.77. The van der Waals surface area contributed by atoms with Crippen LogP contribution in [0.15, 0.2) is 24.4 Å². The Labute approximate surface area is 215 Å². The molecule has 0 radical (unpaired) electrons. The van der Waals surface area contributed by atoms with Crippen LogP contribution >= 0.6 is 0 Å². The molecule has 10 atom stereocenters.